The number of hydrogen-bond acceptors (Lipinski definition) is 4. The summed E-state index contributed by atoms with van der Waals surface area (Å²) in [6.07, 6.45) is 5.10. The lowest BCUT2D eigenvalue weighted by Crippen LogP contribution is -2.32. The summed E-state index contributed by atoms with van der Waals surface area (Å²) in [6, 6.07) is 6.19. The molecule has 4 nitrogen and oxygen atoms in total. The Morgan fingerprint density at radius 3 is 3.04 bits per heavy atom. The van der Waals surface area contributed by atoms with Gasteiger partial charge in [-0.2, -0.15) is 0 Å². The summed E-state index contributed by atoms with van der Waals surface area (Å²) >= 11 is 1.45. The van der Waals surface area contributed by atoms with E-state index in [0.717, 1.165) is 29.0 Å². The molecule has 1 heterocycles. The highest BCUT2D eigenvalue weighted by Gasteiger charge is 2.32. The van der Waals surface area contributed by atoms with E-state index < -0.39 is 0 Å². The van der Waals surface area contributed by atoms with Crippen LogP contribution in [-0.4, -0.2) is 21.8 Å². The van der Waals surface area contributed by atoms with Crippen molar-refractivity contribution in [2.75, 3.05) is 6.61 Å². The highest BCUT2D eigenvalue weighted by Crippen LogP contribution is 2.41. The van der Waals surface area contributed by atoms with Crippen molar-refractivity contribution in [1.29, 1.82) is 0 Å². The first-order valence-corrected chi connectivity index (χ1v) is 9.00. The molecule has 0 fully saturated rings. The zero-order valence-electron chi connectivity index (χ0n) is 14.1. The Labute approximate surface area is 146 Å². The summed E-state index contributed by atoms with van der Waals surface area (Å²) in [7, 11) is 0. The number of carbonyl (C=O) groups is 1. The largest absolute Gasteiger partial charge is 0.494 e. The van der Waals surface area contributed by atoms with E-state index in [9.17, 15) is 4.79 Å². The normalized spacial score (nSPS) is 15.8. The van der Waals surface area contributed by atoms with Crippen LogP contribution in [0.15, 0.2) is 37.1 Å². The second-order valence-corrected chi connectivity index (χ2v) is 6.80. The number of fused-ring (bicyclic) bond motifs is 1. The quantitative estimate of drug-likeness (QED) is 0.744. The molecule has 0 radical (unpaired) electrons. The van der Waals surface area contributed by atoms with E-state index in [1.54, 1.807) is 0 Å². The first kappa shape index (κ1) is 16.7. The number of carbonyl (C=O) groups excluding carboxylic acids is 1. The molecule has 1 atom stereocenters. The van der Waals surface area contributed by atoms with E-state index in [2.05, 4.69) is 17.0 Å². The number of nitrogens with zero attached hydrogens (tertiary/aromatic N) is 2. The Morgan fingerprint density at radius 1 is 1.54 bits per heavy atom. The fourth-order valence-corrected chi connectivity index (χ4v) is 4.03. The Balaban J connectivity index is 1.94. The highest BCUT2D eigenvalue weighted by atomic mass is 32.1. The molecule has 5 heteroatoms. The standard InChI is InChI=1S/C19H22N2O2S/c1-4-19(22)21(12-18-13(3)11-20-24-18)16-10-9-15-14(16)7-6-8-17(15)23-5-2/h4,6-8,11,16H,1,5,9-10,12H2,2-3H3. The fraction of sp³-hybridized carbons (Fsp3) is 0.368. The van der Waals surface area contributed by atoms with Gasteiger partial charge in [0.15, 0.2) is 0 Å². The number of aryl methyl sites for hydroxylation is 1. The predicted molar refractivity (Wildman–Crippen MR) is 96.3 cm³/mol. The van der Waals surface area contributed by atoms with E-state index in [1.807, 2.05) is 37.1 Å². The average Bonchev–Trinajstić information content (AvgIpc) is 3.19. The van der Waals surface area contributed by atoms with Crippen molar-refractivity contribution in [3.8, 4) is 5.75 Å². The van der Waals surface area contributed by atoms with Crippen molar-refractivity contribution in [3.05, 3.63) is 58.6 Å². The summed E-state index contributed by atoms with van der Waals surface area (Å²) in [5.74, 6) is 0.903. The monoisotopic (exact) mass is 342 g/mol. The third-order valence-electron chi connectivity index (χ3n) is 4.49. The van der Waals surface area contributed by atoms with Gasteiger partial charge in [-0.3, -0.25) is 4.79 Å². The van der Waals surface area contributed by atoms with E-state index >= 15 is 0 Å². The van der Waals surface area contributed by atoms with Crippen LogP contribution in [0.2, 0.25) is 0 Å². The predicted octanol–water partition coefficient (Wildman–Crippen LogP) is 4.05. The topological polar surface area (TPSA) is 42.4 Å². The molecule has 1 amide bonds. The van der Waals surface area contributed by atoms with Crippen molar-refractivity contribution < 1.29 is 9.53 Å². The van der Waals surface area contributed by atoms with Crippen molar-refractivity contribution in [3.63, 3.8) is 0 Å². The first-order chi connectivity index (χ1) is 11.7. The van der Waals surface area contributed by atoms with Crippen LogP contribution < -0.4 is 4.74 Å². The Kier molecular flexibility index (Phi) is 5.00. The molecule has 0 saturated heterocycles. The summed E-state index contributed by atoms with van der Waals surface area (Å²) in [5.41, 5.74) is 3.55. The molecule has 126 valence electrons. The smallest absolute Gasteiger partial charge is 0.246 e. The Bertz CT molecular complexity index is 754. The fourth-order valence-electron chi connectivity index (χ4n) is 3.29. The molecule has 1 unspecified atom stereocenters. The zero-order chi connectivity index (χ0) is 17.1. The average molecular weight is 342 g/mol. The molecule has 0 spiro atoms. The molecule has 0 bridgehead atoms. The number of ether oxygens (including phenoxy) is 1. The number of benzene rings is 1. The molecule has 0 aliphatic heterocycles. The third-order valence-corrected chi connectivity index (χ3v) is 5.38. The summed E-state index contributed by atoms with van der Waals surface area (Å²) in [5, 5.41) is 0. The van der Waals surface area contributed by atoms with Gasteiger partial charge >= 0.3 is 0 Å². The lowest BCUT2D eigenvalue weighted by molar-refractivity contribution is -0.129. The van der Waals surface area contributed by atoms with Gasteiger partial charge in [-0.05, 0) is 67.1 Å². The van der Waals surface area contributed by atoms with Crippen molar-refractivity contribution >= 4 is 17.4 Å². The number of amides is 1. The van der Waals surface area contributed by atoms with Gasteiger partial charge in [0.05, 0.1) is 19.2 Å². The van der Waals surface area contributed by atoms with Crippen LogP contribution in [0, 0.1) is 6.92 Å². The van der Waals surface area contributed by atoms with Gasteiger partial charge in [-0.25, -0.2) is 4.37 Å². The number of aromatic nitrogens is 1. The van der Waals surface area contributed by atoms with Crippen LogP contribution in [0.3, 0.4) is 0 Å². The second kappa shape index (κ2) is 7.18. The van der Waals surface area contributed by atoms with Crippen LogP contribution >= 0.6 is 11.5 Å². The van der Waals surface area contributed by atoms with Gasteiger partial charge in [-0.15, -0.1) is 0 Å². The minimum absolute atomic E-state index is 0.0394. The van der Waals surface area contributed by atoms with E-state index in [1.165, 1.54) is 28.7 Å². The molecule has 1 aliphatic carbocycles. The molecule has 1 aromatic heterocycles. The molecule has 0 saturated carbocycles. The maximum Gasteiger partial charge on any atom is 0.246 e. The zero-order valence-corrected chi connectivity index (χ0v) is 14.9. The second-order valence-electron chi connectivity index (χ2n) is 5.91. The van der Waals surface area contributed by atoms with Crippen LogP contribution in [0.25, 0.3) is 0 Å². The Hall–Kier alpha value is -2.14. The molecule has 2 aromatic rings. The Morgan fingerprint density at radius 2 is 2.38 bits per heavy atom. The maximum atomic E-state index is 12.5. The van der Waals surface area contributed by atoms with Gasteiger partial charge < -0.3 is 9.64 Å². The minimum atomic E-state index is -0.0394. The molecule has 3 rings (SSSR count). The highest BCUT2D eigenvalue weighted by molar-refractivity contribution is 7.05. The maximum absolute atomic E-state index is 12.5. The van der Waals surface area contributed by atoms with Gasteiger partial charge in [0.2, 0.25) is 5.91 Å². The lowest BCUT2D eigenvalue weighted by atomic mass is 10.1. The van der Waals surface area contributed by atoms with E-state index in [4.69, 9.17) is 4.74 Å². The van der Waals surface area contributed by atoms with Gasteiger partial charge in [0.25, 0.3) is 0 Å². The molecule has 1 aromatic carbocycles. The van der Waals surface area contributed by atoms with Crippen molar-refractivity contribution in [2.24, 2.45) is 0 Å². The van der Waals surface area contributed by atoms with E-state index in [-0.39, 0.29) is 11.9 Å². The molecular formula is C19H22N2O2S. The van der Waals surface area contributed by atoms with Gasteiger partial charge in [0, 0.05) is 11.1 Å². The lowest BCUT2D eigenvalue weighted by Gasteiger charge is -2.28. The van der Waals surface area contributed by atoms with E-state index in [0.29, 0.717) is 13.2 Å². The summed E-state index contributed by atoms with van der Waals surface area (Å²) in [4.78, 5) is 15.6. The SMILES string of the molecule is C=CC(=O)N(Cc1sncc1C)C1CCc2c(OCC)cccc21. The van der Waals surface area contributed by atoms with Gasteiger partial charge in [-0.1, -0.05) is 18.7 Å². The molecular weight excluding hydrogens is 320 g/mol. The first-order valence-electron chi connectivity index (χ1n) is 8.23. The minimum Gasteiger partial charge on any atom is -0.494 e. The van der Waals surface area contributed by atoms with Crippen LogP contribution in [-0.2, 0) is 17.8 Å². The molecule has 0 N–H and O–H groups in total. The number of hydrogen-bond donors (Lipinski definition) is 0. The number of rotatable bonds is 6. The third kappa shape index (κ3) is 3.08. The summed E-state index contributed by atoms with van der Waals surface area (Å²) in [6.45, 7) is 8.93. The molecule has 1 aliphatic rings. The van der Waals surface area contributed by atoms with Crippen LogP contribution in [0.4, 0.5) is 0 Å². The van der Waals surface area contributed by atoms with Crippen LogP contribution in [0.1, 0.15) is 41.0 Å². The van der Waals surface area contributed by atoms with Crippen molar-refractivity contribution in [2.45, 2.75) is 39.3 Å². The van der Waals surface area contributed by atoms with Gasteiger partial charge in [0.1, 0.15) is 5.75 Å². The van der Waals surface area contributed by atoms with Crippen LogP contribution in [0.5, 0.6) is 5.75 Å². The van der Waals surface area contributed by atoms with Crippen molar-refractivity contribution in [1.82, 2.24) is 9.27 Å². The summed E-state index contributed by atoms with van der Waals surface area (Å²) < 4.78 is 9.98. The molecule has 24 heavy (non-hydrogen) atoms.